The number of fused-ring (bicyclic) bond motifs is 1. The van der Waals surface area contributed by atoms with Crippen molar-refractivity contribution in [2.24, 2.45) is 0 Å². The number of para-hydroxylation sites is 1. The van der Waals surface area contributed by atoms with Crippen LogP contribution < -0.4 is 4.90 Å². The Morgan fingerprint density at radius 2 is 2.08 bits per heavy atom. The molecule has 7 nitrogen and oxygen atoms in total. The lowest BCUT2D eigenvalue weighted by Crippen LogP contribution is -2.48. The van der Waals surface area contributed by atoms with Gasteiger partial charge in [-0.25, -0.2) is 8.42 Å². The fourth-order valence-corrected chi connectivity index (χ4v) is 4.37. The topological polar surface area (TPSA) is 76.2 Å². The highest BCUT2D eigenvalue weighted by molar-refractivity contribution is 7.88. The number of carbonyl (C=O) groups excluding carboxylic acids is 1. The van der Waals surface area contributed by atoms with E-state index in [1.165, 1.54) is 11.4 Å². The van der Waals surface area contributed by atoms with Gasteiger partial charge in [-0.05, 0) is 6.07 Å². The van der Waals surface area contributed by atoms with Crippen LogP contribution in [0.1, 0.15) is 12.0 Å². The lowest BCUT2D eigenvalue weighted by atomic mass is 10.1. The number of amides is 1. The Labute approximate surface area is 142 Å². The SMILES string of the molecule is CO[C@H]1C[C@H](C(=O)N2CCOCc3ccccc32)N(S(C)(=O)=O)C1. The minimum atomic E-state index is -3.49. The van der Waals surface area contributed by atoms with Crippen LogP contribution in [0.3, 0.4) is 0 Å². The molecule has 1 fully saturated rings. The number of hydrogen-bond donors (Lipinski definition) is 0. The molecule has 1 amide bonds. The summed E-state index contributed by atoms with van der Waals surface area (Å²) in [4.78, 5) is 14.8. The van der Waals surface area contributed by atoms with E-state index in [9.17, 15) is 13.2 Å². The standard InChI is InChI=1S/C16H22N2O5S/c1-22-13-9-15(18(10-13)24(2,20)21)16(19)17-7-8-23-11-12-5-3-4-6-14(12)17/h3-6,13,15H,7-11H2,1-2H3/t13-,15+/m0/s1. The second-order valence-electron chi connectivity index (χ2n) is 6.11. The molecule has 8 heteroatoms. The van der Waals surface area contributed by atoms with Gasteiger partial charge in [-0.15, -0.1) is 0 Å². The van der Waals surface area contributed by atoms with Gasteiger partial charge in [0.05, 0.1) is 25.6 Å². The van der Waals surface area contributed by atoms with E-state index in [-0.39, 0.29) is 18.6 Å². The van der Waals surface area contributed by atoms with Crippen LogP contribution in [0.5, 0.6) is 0 Å². The normalized spacial score (nSPS) is 25.3. The molecule has 24 heavy (non-hydrogen) atoms. The molecular formula is C16H22N2O5S. The van der Waals surface area contributed by atoms with Crippen molar-refractivity contribution in [3.8, 4) is 0 Å². The van der Waals surface area contributed by atoms with Crippen LogP contribution in [-0.4, -0.2) is 63.8 Å². The molecule has 0 aliphatic carbocycles. The first kappa shape index (κ1) is 17.3. The predicted molar refractivity (Wildman–Crippen MR) is 89.2 cm³/mol. The average Bonchev–Trinajstić information content (AvgIpc) is 2.89. The van der Waals surface area contributed by atoms with E-state index in [0.717, 1.165) is 17.5 Å². The summed E-state index contributed by atoms with van der Waals surface area (Å²) in [6, 6.07) is 6.81. The fraction of sp³-hybridized carbons (Fsp3) is 0.562. The van der Waals surface area contributed by atoms with Crippen LogP contribution >= 0.6 is 0 Å². The zero-order valence-electron chi connectivity index (χ0n) is 13.8. The van der Waals surface area contributed by atoms with E-state index in [0.29, 0.717) is 26.2 Å². The van der Waals surface area contributed by atoms with Gasteiger partial charge in [0.2, 0.25) is 15.9 Å². The summed E-state index contributed by atoms with van der Waals surface area (Å²) >= 11 is 0. The molecule has 0 aromatic heterocycles. The lowest BCUT2D eigenvalue weighted by molar-refractivity contribution is -0.121. The van der Waals surface area contributed by atoms with Gasteiger partial charge in [0, 0.05) is 37.9 Å². The maximum atomic E-state index is 13.1. The highest BCUT2D eigenvalue weighted by Crippen LogP contribution is 2.29. The van der Waals surface area contributed by atoms with E-state index in [4.69, 9.17) is 9.47 Å². The van der Waals surface area contributed by atoms with E-state index >= 15 is 0 Å². The molecule has 0 N–H and O–H groups in total. The molecule has 1 saturated heterocycles. The molecule has 2 aliphatic rings. The molecule has 2 aliphatic heterocycles. The Kier molecular flexibility index (Phi) is 4.91. The Bertz CT molecular complexity index is 721. The highest BCUT2D eigenvalue weighted by Gasteiger charge is 2.44. The quantitative estimate of drug-likeness (QED) is 0.794. The van der Waals surface area contributed by atoms with Gasteiger partial charge < -0.3 is 14.4 Å². The maximum absolute atomic E-state index is 13.1. The van der Waals surface area contributed by atoms with Crippen LogP contribution in [0, 0.1) is 0 Å². The minimum absolute atomic E-state index is 0.206. The Morgan fingerprint density at radius 1 is 1.33 bits per heavy atom. The fourth-order valence-electron chi connectivity index (χ4n) is 3.29. The number of ether oxygens (including phenoxy) is 2. The number of carbonyl (C=O) groups is 1. The largest absolute Gasteiger partial charge is 0.380 e. The van der Waals surface area contributed by atoms with Crippen LogP contribution in [0.15, 0.2) is 24.3 Å². The zero-order valence-corrected chi connectivity index (χ0v) is 14.7. The molecule has 0 saturated carbocycles. The number of sulfonamides is 1. The van der Waals surface area contributed by atoms with Crippen LogP contribution in [0.25, 0.3) is 0 Å². The van der Waals surface area contributed by atoms with Gasteiger partial charge in [0.25, 0.3) is 0 Å². The second-order valence-corrected chi connectivity index (χ2v) is 8.05. The van der Waals surface area contributed by atoms with Crippen molar-refractivity contribution < 1.29 is 22.7 Å². The molecule has 2 heterocycles. The van der Waals surface area contributed by atoms with Crippen molar-refractivity contribution in [2.45, 2.75) is 25.2 Å². The summed E-state index contributed by atoms with van der Waals surface area (Å²) in [5.41, 5.74) is 1.71. The third-order valence-electron chi connectivity index (χ3n) is 4.53. The maximum Gasteiger partial charge on any atom is 0.245 e. The molecular weight excluding hydrogens is 332 g/mol. The molecule has 0 spiro atoms. The van der Waals surface area contributed by atoms with Crippen molar-refractivity contribution in [1.82, 2.24) is 4.31 Å². The minimum Gasteiger partial charge on any atom is -0.380 e. The summed E-state index contributed by atoms with van der Waals surface area (Å²) in [6.45, 7) is 1.47. The summed E-state index contributed by atoms with van der Waals surface area (Å²) in [7, 11) is -1.96. The zero-order chi connectivity index (χ0) is 17.3. The monoisotopic (exact) mass is 354 g/mol. The molecule has 3 rings (SSSR count). The van der Waals surface area contributed by atoms with Crippen LogP contribution in [0.4, 0.5) is 5.69 Å². The van der Waals surface area contributed by atoms with E-state index in [2.05, 4.69) is 0 Å². The van der Waals surface area contributed by atoms with Crippen molar-refractivity contribution in [2.75, 3.05) is 38.0 Å². The smallest absolute Gasteiger partial charge is 0.245 e. The van der Waals surface area contributed by atoms with Crippen molar-refractivity contribution in [3.05, 3.63) is 29.8 Å². The number of hydrogen-bond acceptors (Lipinski definition) is 5. The van der Waals surface area contributed by atoms with Gasteiger partial charge in [0.15, 0.2) is 0 Å². The predicted octanol–water partition coefficient (Wildman–Crippen LogP) is 0.599. The molecule has 0 unspecified atom stereocenters. The summed E-state index contributed by atoms with van der Waals surface area (Å²) in [6.07, 6.45) is 1.22. The molecule has 132 valence electrons. The van der Waals surface area contributed by atoms with E-state index in [1.807, 2.05) is 24.3 Å². The van der Waals surface area contributed by atoms with Gasteiger partial charge >= 0.3 is 0 Å². The van der Waals surface area contributed by atoms with Crippen molar-refractivity contribution in [3.63, 3.8) is 0 Å². The van der Waals surface area contributed by atoms with Crippen molar-refractivity contribution in [1.29, 1.82) is 0 Å². The summed E-state index contributed by atoms with van der Waals surface area (Å²) < 4.78 is 36.3. The molecule has 2 atom stereocenters. The summed E-state index contributed by atoms with van der Waals surface area (Å²) in [5.74, 6) is -0.224. The first-order chi connectivity index (χ1) is 11.4. The first-order valence-electron chi connectivity index (χ1n) is 7.88. The number of rotatable bonds is 3. The Balaban J connectivity index is 1.93. The molecule has 0 radical (unpaired) electrons. The number of methoxy groups -OCH3 is 1. The lowest BCUT2D eigenvalue weighted by Gasteiger charge is -2.28. The Morgan fingerprint density at radius 3 is 2.79 bits per heavy atom. The third-order valence-corrected chi connectivity index (χ3v) is 5.78. The average molecular weight is 354 g/mol. The van der Waals surface area contributed by atoms with Gasteiger partial charge in [0.1, 0.15) is 6.04 Å². The van der Waals surface area contributed by atoms with E-state index in [1.54, 1.807) is 4.90 Å². The van der Waals surface area contributed by atoms with Crippen molar-refractivity contribution >= 4 is 21.6 Å². The number of nitrogens with zero attached hydrogens (tertiary/aromatic N) is 2. The van der Waals surface area contributed by atoms with Gasteiger partial charge in [-0.3, -0.25) is 4.79 Å². The van der Waals surface area contributed by atoms with Gasteiger partial charge in [-0.2, -0.15) is 4.31 Å². The first-order valence-corrected chi connectivity index (χ1v) is 9.73. The van der Waals surface area contributed by atoms with E-state index < -0.39 is 16.1 Å². The van der Waals surface area contributed by atoms with Gasteiger partial charge in [-0.1, -0.05) is 18.2 Å². The van der Waals surface area contributed by atoms with Crippen LogP contribution in [-0.2, 0) is 30.9 Å². The third kappa shape index (κ3) is 3.32. The molecule has 1 aromatic carbocycles. The second kappa shape index (κ2) is 6.79. The molecule has 1 aromatic rings. The highest BCUT2D eigenvalue weighted by atomic mass is 32.2. The number of anilines is 1. The van der Waals surface area contributed by atoms with Crippen LogP contribution in [0.2, 0.25) is 0 Å². The summed E-state index contributed by atoms with van der Waals surface area (Å²) in [5, 5.41) is 0. The molecule has 0 bridgehead atoms. The number of benzene rings is 1. The Hall–Kier alpha value is -1.48.